The van der Waals surface area contributed by atoms with Crippen LogP contribution in [0.25, 0.3) is 0 Å². The van der Waals surface area contributed by atoms with E-state index < -0.39 is 0 Å². The molecule has 0 aliphatic carbocycles. The van der Waals surface area contributed by atoms with Crippen molar-refractivity contribution in [1.82, 2.24) is 4.98 Å². The molecule has 0 saturated heterocycles. The smallest absolute Gasteiger partial charge is 0.291 e. The third-order valence-corrected chi connectivity index (χ3v) is 3.93. The molecule has 0 bridgehead atoms. The number of anilines is 2. The van der Waals surface area contributed by atoms with Gasteiger partial charge >= 0.3 is 0 Å². The molecule has 0 aliphatic rings. The summed E-state index contributed by atoms with van der Waals surface area (Å²) >= 11 is 0. The van der Waals surface area contributed by atoms with Gasteiger partial charge in [0.1, 0.15) is 5.82 Å². The molecule has 0 spiro atoms. The van der Waals surface area contributed by atoms with Crippen LogP contribution in [0.15, 0.2) is 59.3 Å². The highest BCUT2D eigenvalue weighted by atomic mass is 16.5. The third kappa shape index (κ3) is 4.78. The highest BCUT2D eigenvalue weighted by molar-refractivity contribution is 6.02. The molecule has 3 aromatic rings. The SMILES string of the molecule is COc1ccc(CCNc2ccc(NC(=O)c3ccco3)cn2)cc1OC. The third-order valence-electron chi connectivity index (χ3n) is 3.93. The number of carbonyl (C=O) groups excluding carboxylic acids is 1. The first-order chi connectivity index (χ1) is 13.2. The van der Waals surface area contributed by atoms with Gasteiger partial charge in [-0.15, -0.1) is 0 Å². The molecule has 27 heavy (non-hydrogen) atoms. The molecule has 7 nitrogen and oxygen atoms in total. The van der Waals surface area contributed by atoms with Gasteiger partial charge in [-0.3, -0.25) is 4.79 Å². The van der Waals surface area contributed by atoms with Crippen molar-refractivity contribution in [3.63, 3.8) is 0 Å². The second kappa shape index (κ2) is 8.75. The van der Waals surface area contributed by atoms with Crippen molar-refractivity contribution in [3.05, 3.63) is 66.2 Å². The lowest BCUT2D eigenvalue weighted by Crippen LogP contribution is -2.11. The second-order valence-electron chi connectivity index (χ2n) is 5.73. The Bertz CT molecular complexity index is 877. The molecule has 1 aromatic carbocycles. The summed E-state index contributed by atoms with van der Waals surface area (Å²) in [4.78, 5) is 16.2. The van der Waals surface area contributed by atoms with E-state index in [2.05, 4.69) is 15.6 Å². The Morgan fingerprint density at radius 3 is 2.63 bits per heavy atom. The van der Waals surface area contributed by atoms with Crippen LogP contribution in [0.5, 0.6) is 11.5 Å². The first kappa shape index (κ1) is 18.3. The lowest BCUT2D eigenvalue weighted by molar-refractivity contribution is 0.0996. The fourth-order valence-corrected chi connectivity index (χ4v) is 2.54. The molecule has 0 radical (unpaired) electrons. The highest BCUT2D eigenvalue weighted by Crippen LogP contribution is 2.27. The Labute approximate surface area is 157 Å². The molecule has 2 aromatic heterocycles. The Morgan fingerprint density at radius 2 is 1.96 bits per heavy atom. The van der Waals surface area contributed by atoms with E-state index in [4.69, 9.17) is 13.9 Å². The topological polar surface area (TPSA) is 85.6 Å². The minimum absolute atomic E-state index is 0.257. The maximum atomic E-state index is 11.9. The van der Waals surface area contributed by atoms with Crippen molar-refractivity contribution >= 4 is 17.4 Å². The predicted octanol–water partition coefficient (Wildman–Crippen LogP) is 3.60. The van der Waals surface area contributed by atoms with E-state index in [1.54, 1.807) is 38.6 Å². The maximum Gasteiger partial charge on any atom is 0.291 e. The van der Waals surface area contributed by atoms with Gasteiger partial charge in [0.15, 0.2) is 17.3 Å². The summed E-state index contributed by atoms with van der Waals surface area (Å²) in [5.74, 6) is 2.10. The van der Waals surface area contributed by atoms with E-state index in [0.717, 1.165) is 17.8 Å². The molecule has 0 unspecified atom stereocenters. The molecule has 3 rings (SSSR count). The Hall–Kier alpha value is -3.48. The van der Waals surface area contributed by atoms with Crippen LogP contribution in [-0.2, 0) is 6.42 Å². The van der Waals surface area contributed by atoms with Crippen molar-refractivity contribution in [1.29, 1.82) is 0 Å². The summed E-state index contributed by atoms with van der Waals surface area (Å²) < 4.78 is 15.6. The monoisotopic (exact) mass is 367 g/mol. The van der Waals surface area contributed by atoms with E-state index in [-0.39, 0.29) is 11.7 Å². The molecular formula is C20H21N3O4. The second-order valence-corrected chi connectivity index (χ2v) is 5.73. The number of furan rings is 1. The molecular weight excluding hydrogens is 346 g/mol. The van der Waals surface area contributed by atoms with E-state index in [1.807, 2.05) is 24.3 Å². The lowest BCUT2D eigenvalue weighted by Gasteiger charge is -2.10. The van der Waals surface area contributed by atoms with Crippen molar-refractivity contribution in [3.8, 4) is 11.5 Å². The van der Waals surface area contributed by atoms with Gasteiger partial charge in [0, 0.05) is 6.54 Å². The van der Waals surface area contributed by atoms with Gasteiger partial charge in [-0.25, -0.2) is 4.98 Å². The van der Waals surface area contributed by atoms with Crippen LogP contribution < -0.4 is 20.1 Å². The largest absolute Gasteiger partial charge is 0.493 e. The number of ether oxygens (including phenoxy) is 2. The zero-order valence-corrected chi connectivity index (χ0v) is 15.2. The Balaban J connectivity index is 1.51. The average molecular weight is 367 g/mol. The van der Waals surface area contributed by atoms with E-state index >= 15 is 0 Å². The van der Waals surface area contributed by atoms with Crippen molar-refractivity contribution in [2.24, 2.45) is 0 Å². The summed E-state index contributed by atoms with van der Waals surface area (Å²) in [6, 6.07) is 12.7. The van der Waals surface area contributed by atoms with E-state index in [9.17, 15) is 4.79 Å². The standard InChI is InChI=1S/C20H21N3O4/c1-25-16-7-5-14(12-18(16)26-2)9-10-21-19-8-6-15(13-22-19)23-20(24)17-4-3-11-27-17/h3-8,11-13H,9-10H2,1-2H3,(H,21,22)(H,23,24). The van der Waals surface area contributed by atoms with Crippen LogP contribution in [0.4, 0.5) is 11.5 Å². The number of hydrogen-bond donors (Lipinski definition) is 2. The molecule has 7 heteroatoms. The summed E-state index contributed by atoms with van der Waals surface area (Å²) in [5.41, 5.74) is 1.73. The zero-order valence-electron chi connectivity index (χ0n) is 15.2. The number of nitrogens with one attached hydrogen (secondary N) is 2. The maximum absolute atomic E-state index is 11.9. The molecule has 0 aliphatic heterocycles. The van der Waals surface area contributed by atoms with Crippen LogP contribution in [-0.4, -0.2) is 31.7 Å². The molecule has 2 heterocycles. The van der Waals surface area contributed by atoms with Gasteiger partial charge in [-0.2, -0.15) is 0 Å². The van der Waals surface area contributed by atoms with Gasteiger partial charge in [-0.1, -0.05) is 6.07 Å². The number of carbonyl (C=O) groups is 1. The summed E-state index contributed by atoms with van der Waals surface area (Å²) in [7, 11) is 3.24. The fraction of sp³-hybridized carbons (Fsp3) is 0.200. The normalized spacial score (nSPS) is 10.3. The zero-order chi connectivity index (χ0) is 19.1. The first-order valence-electron chi connectivity index (χ1n) is 8.45. The quantitative estimate of drug-likeness (QED) is 0.633. The van der Waals surface area contributed by atoms with Crippen LogP contribution in [0.3, 0.4) is 0 Å². The van der Waals surface area contributed by atoms with Gasteiger partial charge < -0.3 is 24.5 Å². The summed E-state index contributed by atoms with van der Waals surface area (Å²) in [5, 5.41) is 5.98. The molecule has 2 N–H and O–H groups in total. The van der Waals surface area contributed by atoms with E-state index in [1.165, 1.54) is 6.26 Å². The number of hydrogen-bond acceptors (Lipinski definition) is 6. The Kier molecular flexibility index (Phi) is 5.94. The van der Waals surface area contributed by atoms with Gasteiger partial charge in [0.05, 0.1) is 32.4 Å². The van der Waals surface area contributed by atoms with Crippen molar-refractivity contribution < 1.29 is 18.7 Å². The molecule has 1 amide bonds. The first-order valence-corrected chi connectivity index (χ1v) is 8.45. The highest BCUT2D eigenvalue weighted by Gasteiger charge is 2.09. The number of rotatable bonds is 8. The van der Waals surface area contributed by atoms with Gasteiger partial charge in [0.25, 0.3) is 5.91 Å². The summed E-state index contributed by atoms with van der Waals surface area (Å²) in [6.45, 7) is 0.709. The number of pyridine rings is 1. The molecule has 0 fully saturated rings. The number of aromatic nitrogens is 1. The predicted molar refractivity (Wildman–Crippen MR) is 103 cm³/mol. The van der Waals surface area contributed by atoms with Crippen LogP contribution >= 0.6 is 0 Å². The van der Waals surface area contributed by atoms with Crippen LogP contribution in [0, 0.1) is 0 Å². The number of methoxy groups -OCH3 is 2. The lowest BCUT2D eigenvalue weighted by atomic mass is 10.1. The minimum Gasteiger partial charge on any atom is -0.493 e. The number of benzene rings is 1. The van der Waals surface area contributed by atoms with Gasteiger partial charge in [0.2, 0.25) is 0 Å². The molecule has 0 saturated carbocycles. The van der Waals surface area contributed by atoms with Crippen molar-refractivity contribution in [2.45, 2.75) is 6.42 Å². The fourth-order valence-electron chi connectivity index (χ4n) is 2.54. The minimum atomic E-state index is -0.309. The number of amides is 1. The summed E-state index contributed by atoms with van der Waals surface area (Å²) in [6.07, 6.45) is 3.86. The van der Waals surface area contributed by atoms with E-state index in [0.29, 0.717) is 23.7 Å². The molecule has 0 atom stereocenters. The average Bonchev–Trinajstić information content (AvgIpc) is 3.24. The van der Waals surface area contributed by atoms with Gasteiger partial charge in [-0.05, 0) is 48.4 Å². The van der Waals surface area contributed by atoms with Crippen LogP contribution in [0.2, 0.25) is 0 Å². The molecule has 140 valence electrons. The van der Waals surface area contributed by atoms with Crippen molar-refractivity contribution in [2.75, 3.05) is 31.4 Å². The Morgan fingerprint density at radius 1 is 1.11 bits per heavy atom. The van der Waals surface area contributed by atoms with Crippen LogP contribution in [0.1, 0.15) is 16.1 Å². The number of nitrogens with zero attached hydrogens (tertiary/aromatic N) is 1.